The molecule has 0 amide bonds. The molecule has 1 aromatic rings. The van der Waals surface area contributed by atoms with Crippen molar-refractivity contribution in [3.63, 3.8) is 0 Å². The Balaban J connectivity index is 1.62. The topological polar surface area (TPSA) is 26.3 Å². The number of carbonyl (C=O) groups excluding carboxylic acids is 1. The number of aryl methyl sites for hydroxylation is 1. The number of hydrogen-bond donors (Lipinski definition) is 0. The van der Waals surface area contributed by atoms with Crippen LogP contribution in [0.1, 0.15) is 37.7 Å². The van der Waals surface area contributed by atoms with E-state index >= 15 is 0 Å². The van der Waals surface area contributed by atoms with Crippen LogP contribution in [0, 0.1) is 5.92 Å². The molecule has 1 aliphatic heterocycles. The van der Waals surface area contributed by atoms with Gasteiger partial charge in [-0.05, 0) is 37.2 Å². The summed E-state index contributed by atoms with van der Waals surface area (Å²) in [7, 11) is 0. The molecule has 0 radical (unpaired) electrons. The standard InChI is InChI=1S/C16H22O2/c17-16(13-15-9-11-18-12-10-15)8-4-7-14-5-2-1-3-6-14/h1-3,5-6,15H,4,7-13H2. The molecule has 0 N–H and O–H groups in total. The van der Waals surface area contributed by atoms with Crippen molar-refractivity contribution >= 4 is 5.78 Å². The molecule has 98 valence electrons. The van der Waals surface area contributed by atoms with Gasteiger partial charge in [0, 0.05) is 26.1 Å². The summed E-state index contributed by atoms with van der Waals surface area (Å²) >= 11 is 0. The van der Waals surface area contributed by atoms with Gasteiger partial charge in [-0.1, -0.05) is 30.3 Å². The van der Waals surface area contributed by atoms with Gasteiger partial charge < -0.3 is 4.74 Å². The Hall–Kier alpha value is -1.15. The molecule has 1 aromatic carbocycles. The van der Waals surface area contributed by atoms with Crippen LogP contribution in [-0.2, 0) is 16.0 Å². The van der Waals surface area contributed by atoms with E-state index in [-0.39, 0.29) is 0 Å². The highest BCUT2D eigenvalue weighted by molar-refractivity contribution is 5.78. The highest BCUT2D eigenvalue weighted by Gasteiger charge is 2.16. The minimum absolute atomic E-state index is 0.429. The van der Waals surface area contributed by atoms with Crippen LogP contribution in [0.2, 0.25) is 0 Å². The summed E-state index contributed by atoms with van der Waals surface area (Å²) in [5.41, 5.74) is 1.33. The number of rotatable bonds is 6. The van der Waals surface area contributed by atoms with Crippen LogP contribution in [0.4, 0.5) is 0 Å². The second kappa shape index (κ2) is 7.32. The maximum Gasteiger partial charge on any atom is 0.133 e. The SMILES string of the molecule is O=C(CCCc1ccccc1)CC1CCOCC1. The van der Waals surface area contributed by atoms with E-state index in [1.807, 2.05) is 6.07 Å². The molecule has 0 spiro atoms. The molecule has 1 heterocycles. The summed E-state index contributed by atoms with van der Waals surface area (Å²) in [4.78, 5) is 11.9. The number of ketones is 1. The average Bonchev–Trinajstić information content (AvgIpc) is 2.41. The molecule has 18 heavy (non-hydrogen) atoms. The summed E-state index contributed by atoms with van der Waals surface area (Å²) in [6, 6.07) is 10.4. The van der Waals surface area contributed by atoms with E-state index in [4.69, 9.17) is 4.74 Å². The lowest BCUT2D eigenvalue weighted by Gasteiger charge is -2.21. The van der Waals surface area contributed by atoms with Gasteiger partial charge in [-0.2, -0.15) is 0 Å². The highest BCUT2D eigenvalue weighted by Crippen LogP contribution is 2.19. The van der Waals surface area contributed by atoms with Gasteiger partial charge in [0.05, 0.1) is 0 Å². The van der Waals surface area contributed by atoms with Gasteiger partial charge in [0.1, 0.15) is 5.78 Å². The first-order valence-electron chi connectivity index (χ1n) is 6.98. The molecule has 0 aromatic heterocycles. The lowest BCUT2D eigenvalue weighted by molar-refractivity contribution is -0.120. The highest BCUT2D eigenvalue weighted by atomic mass is 16.5. The molecule has 0 aliphatic carbocycles. The smallest absolute Gasteiger partial charge is 0.133 e. The van der Waals surface area contributed by atoms with Crippen LogP contribution < -0.4 is 0 Å². The van der Waals surface area contributed by atoms with E-state index < -0.39 is 0 Å². The van der Waals surface area contributed by atoms with Crippen LogP contribution in [0.25, 0.3) is 0 Å². The van der Waals surface area contributed by atoms with Gasteiger partial charge in [0.25, 0.3) is 0 Å². The van der Waals surface area contributed by atoms with Crippen LogP contribution in [-0.4, -0.2) is 19.0 Å². The third-order valence-corrected chi connectivity index (χ3v) is 3.62. The maximum absolute atomic E-state index is 11.9. The van der Waals surface area contributed by atoms with Crippen molar-refractivity contribution in [1.82, 2.24) is 0 Å². The summed E-state index contributed by atoms with van der Waals surface area (Å²) in [6.07, 6.45) is 5.60. The Morgan fingerprint density at radius 1 is 1.17 bits per heavy atom. The summed E-state index contributed by atoms with van der Waals surface area (Å²) < 4.78 is 5.31. The molecule has 2 rings (SSSR count). The quantitative estimate of drug-likeness (QED) is 0.769. The molecule has 0 unspecified atom stereocenters. The monoisotopic (exact) mass is 246 g/mol. The van der Waals surface area contributed by atoms with E-state index in [2.05, 4.69) is 24.3 Å². The summed E-state index contributed by atoms with van der Waals surface area (Å²) in [5.74, 6) is 1.00. The fourth-order valence-corrected chi connectivity index (χ4v) is 2.51. The third-order valence-electron chi connectivity index (χ3n) is 3.62. The van der Waals surface area contributed by atoms with E-state index in [0.29, 0.717) is 11.7 Å². The Morgan fingerprint density at radius 3 is 2.61 bits per heavy atom. The molecular formula is C16H22O2. The Morgan fingerprint density at radius 2 is 1.89 bits per heavy atom. The van der Waals surface area contributed by atoms with Crippen molar-refractivity contribution in [3.05, 3.63) is 35.9 Å². The van der Waals surface area contributed by atoms with Gasteiger partial charge in [0.15, 0.2) is 0 Å². The molecule has 2 nitrogen and oxygen atoms in total. The van der Waals surface area contributed by atoms with E-state index in [0.717, 1.165) is 51.7 Å². The first-order valence-corrected chi connectivity index (χ1v) is 6.98. The zero-order valence-electron chi connectivity index (χ0n) is 10.9. The minimum Gasteiger partial charge on any atom is -0.381 e. The zero-order valence-corrected chi connectivity index (χ0v) is 10.9. The lowest BCUT2D eigenvalue weighted by Crippen LogP contribution is -2.18. The normalized spacial score (nSPS) is 16.7. The van der Waals surface area contributed by atoms with Crippen LogP contribution in [0.5, 0.6) is 0 Å². The van der Waals surface area contributed by atoms with Gasteiger partial charge in [-0.15, -0.1) is 0 Å². The zero-order chi connectivity index (χ0) is 12.6. The number of carbonyl (C=O) groups is 1. The molecule has 2 heteroatoms. The molecule has 0 atom stereocenters. The first-order chi connectivity index (χ1) is 8.84. The average molecular weight is 246 g/mol. The largest absolute Gasteiger partial charge is 0.381 e. The van der Waals surface area contributed by atoms with Crippen LogP contribution >= 0.6 is 0 Å². The van der Waals surface area contributed by atoms with E-state index in [9.17, 15) is 4.79 Å². The number of benzene rings is 1. The fourth-order valence-electron chi connectivity index (χ4n) is 2.51. The molecule has 1 saturated heterocycles. The van der Waals surface area contributed by atoms with E-state index in [1.165, 1.54) is 5.56 Å². The number of ether oxygens (including phenoxy) is 1. The molecule has 1 fully saturated rings. The number of hydrogen-bond acceptors (Lipinski definition) is 2. The van der Waals surface area contributed by atoms with Crippen LogP contribution in [0.15, 0.2) is 30.3 Å². The third kappa shape index (κ3) is 4.61. The Labute approximate surface area is 109 Å². The maximum atomic E-state index is 11.9. The van der Waals surface area contributed by atoms with Gasteiger partial charge in [0.2, 0.25) is 0 Å². The van der Waals surface area contributed by atoms with Gasteiger partial charge >= 0.3 is 0 Å². The first kappa shape index (κ1) is 13.3. The molecule has 0 saturated carbocycles. The van der Waals surface area contributed by atoms with Crippen molar-refractivity contribution in [1.29, 1.82) is 0 Å². The van der Waals surface area contributed by atoms with Crippen molar-refractivity contribution in [2.24, 2.45) is 5.92 Å². The Bertz CT molecular complexity index is 353. The minimum atomic E-state index is 0.429. The number of Topliss-reactive ketones (excluding diaryl/α,β-unsaturated/α-hetero) is 1. The second-order valence-electron chi connectivity index (χ2n) is 5.14. The predicted molar refractivity (Wildman–Crippen MR) is 72.5 cm³/mol. The molecule has 0 bridgehead atoms. The van der Waals surface area contributed by atoms with Gasteiger partial charge in [-0.3, -0.25) is 4.79 Å². The van der Waals surface area contributed by atoms with Crippen molar-refractivity contribution in [3.8, 4) is 0 Å². The van der Waals surface area contributed by atoms with Crippen molar-refractivity contribution < 1.29 is 9.53 Å². The lowest BCUT2D eigenvalue weighted by atomic mass is 9.92. The summed E-state index contributed by atoms with van der Waals surface area (Å²) in [5, 5.41) is 0. The fraction of sp³-hybridized carbons (Fsp3) is 0.562. The van der Waals surface area contributed by atoms with Crippen molar-refractivity contribution in [2.75, 3.05) is 13.2 Å². The van der Waals surface area contributed by atoms with Crippen LogP contribution in [0.3, 0.4) is 0 Å². The van der Waals surface area contributed by atoms with Crippen molar-refractivity contribution in [2.45, 2.75) is 38.5 Å². The predicted octanol–water partition coefficient (Wildman–Crippen LogP) is 3.40. The molecule has 1 aliphatic rings. The molecular weight excluding hydrogens is 224 g/mol. The second-order valence-corrected chi connectivity index (χ2v) is 5.14. The Kier molecular flexibility index (Phi) is 5.40. The van der Waals surface area contributed by atoms with Gasteiger partial charge in [-0.25, -0.2) is 0 Å². The van der Waals surface area contributed by atoms with E-state index in [1.54, 1.807) is 0 Å². The summed E-state index contributed by atoms with van der Waals surface area (Å²) in [6.45, 7) is 1.67.